The van der Waals surface area contributed by atoms with Crippen molar-refractivity contribution >= 4 is 6.03 Å². The van der Waals surface area contributed by atoms with E-state index in [9.17, 15) is 4.79 Å². The Morgan fingerprint density at radius 1 is 1.45 bits per heavy atom. The molecule has 5 heteroatoms. The summed E-state index contributed by atoms with van der Waals surface area (Å²) in [5.74, 6) is 0. The van der Waals surface area contributed by atoms with Gasteiger partial charge in [-0.1, -0.05) is 6.07 Å². The van der Waals surface area contributed by atoms with Gasteiger partial charge in [-0.3, -0.25) is 4.90 Å². The second-order valence-corrected chi connectivity index (χ2v) is 5.52. The fourth-order valence-electron chi connectivity index (χ4n) is 3.00. The number of nitriles is 1. The van der Waals surface area contributed by atoms with Gasteiger partial charge in [-0.15, -0.1) is 0 Å². The van der Waals surface area contributed by atoms with Gasteiger partial charge in [0.15, 0.2) is 0 Å². The Kier molecular flexibility index (Phi) is 3.33. The molecule has 0 bridgehead atoms. The molecule has 1 unspecified atom stereocenters. The molecule has 2 aliphatic heterocycles. The predicted molar refractivity (Wildman–Crippen MR) is 75.1 cm³/mol. The maximum atomic E-state index is 11.6. The van der Waals surface area contributed by atoms with E-state index in [0.29, 0.717) is 11.6 Å². The number of fused-ring (bicyclic) bond motifs is 1. The van der Waals surface area contributed by atoms with E-state index in [2.05, 4.69) is 16.3 Å². The molecule has 5 nitrogen and oxygen atoms in total. The molecule has 0 aromatic heterocycles. The highest BCUT2D eigenvalue weighted by Gasteiger charge is 2.35. The van der Waals surface area contributed by atoms with E-state index in [1.165, 1.54) is 5.56 Å². The van der Waals surface area contributed by atoms with Crippen molar-refractivity contribution in [1.29, 1.82) is 5.26 Å². The molecule has 1 aromatic carbocycles. The molecule has 2 aliphatic rings. The van der Waals surface area contributed by atoms with Crippen LogP contribution in [0.5, 0.6) is 0 Å². The summed E-state index contributed by atoms with van der Waals surface area (Å²) in [6.45, 7) is 6.30. The Morgan fingerprint density at radius 3 is 3.05 bits per heavy atom. The molecule has 0 radical (unpaired) electrons. The number of carbonyl (C=O) groups is 1. The van der Waals surface area contributed by atoms with Gasteiger partial charge in [0.05, 0.1) is 17.7 Å². The Bertz CT molecular complexity index is 578. The van der Waals surface area contributed by atoms with Gasteiger partial charge in [-0.2, -0.15) is 5.26 Å². The average Bonchev–Trinajstić information content (AvgIpc) is 2.82. The van der Waals surface area contributed by atoms with Crippen LogP contribution in [0.4, 0.5) is 4.79 Å². The van der Waals surface area contributed by atoms with Crippen LogP contribution in [0, 0.1) is 18.3 Å². The van der Waals surface area contributed by atoms with Gasteiger partial charge >= 0.3 is 6.03 Å². The lowest BCUT2D eigenvalue weighted by Crippen LogP contribution is -2.51. The molecule has 1 N–H and O–H groups in total. The van der Waals surface area contributed by atoms with Crippen molar-refractivity contribution in [2.75, 3.05) is 26.2 Å². The summed E-state index contributed by atoms with van der Waals surface area (Å²) in [6, 6.07) is 8.39. The molecule has 0 spiro atoms. The van der Waals surface area contributed by atoms with Gasteiger partial charge in [-0.25, -0.2) is 4.79 Å². The summed E-state index contributed by atoms with van der Waals surface area (Å²) in [5.41, 5.74) is 3.13. The summed E-state index contributed by atoms with van der Waals surface area (Å²) in [7, 11) is 0. The zero-order valence-electron chi connectivity index (χ0n) is 11.6. The number of urea groups is 1. The molecular weight excluding hydrogens is 252 g/mol. The largest absolute Gasteiger partial charge is 0.336 e. The van der Waals surface area contributed by atoms with Crippen LogP contribution in [0.3, 0.4) is 0 Å². The number of rotatable bonds is 2. The fourth-order valence-corrected chi connectivity index (χ4v) is 3.00. The first-order chi connectivity index (χ1) is 9.67. The zero-order valence-corrected chi connectivity index (χ0v) is 11.6. The van der Waals surface area contributed by atoms with Crippen molar-refractivity contribution in [3.63, 3.8) is 0 Å². The number of nitrogens with zero attached hydrogens (tertiary/aromatic N) is 3. The van der Waals surface area contributed by atoms with Crippen LogP contribution in [0.15, 0.2) is 18.2 Å². The minimum Gasteiger partial charge on any atom is -0.336 e. The highest BCUT2D eigenvalue weighted by molar-refractivity contribution is 5.77. The van der Waals surface area contributed by atoms with Crippen LogP contribution < -0.4 is 5.32 Å². The summed E-state index contributed by atoms with van der Waals surface area (Å²) in [4.78, 5) is 15.9. The molecule has 2 heterocycles. The highest BCUT2D eigenvalue weighted by atomic mass is 16.2. The lowest BCUT2D eigenvalue weighted by molar-refractivity contribution is 0.116. The number of hydrogen-bond donors (Lipinski definition) is 1. The number of nitrogens with one attached hydrogen (secondary N) is 1. The van der Waals surface area contributed by atoms with Crippen LogP contribution >= 0.6 is 0 Å². The summed E-state index contributed by atoms with van der Waals surface area (Å²) < 4.78 is 0. The molecule has 0 aliphatic carbocycles. The minimum absolute atomic E-state index is 0.0733. The Balaban J connectivity index is 1.67. The number of aryl methyl sites for hydroxylation is 1. The first-order valence-corrected chi connectivity index (χ1v) is 6.94. The second kappa shape index (κ2) is 5.14. The van der Waals surface area contributed by atoms with Gasteiger partial charge in [0.25, 0.3) is 0 Å². The fraction of sp³-hybridized carbons (Fsp3) is 0.467. The summed E-state index contributed by atoms with van der Waals surface area (Å²) in [6.07, 6.45) is 0. The van der Waals surface area contributed by atoms with Crippen LogP contribution in [0.2, 0.25) is 0 Å². The van der Waals surface area contributed by atoms with Crippen LogP contribution in [-0.2, 0) is 6.54 Å². The monoisotopic (exact) mass is 270 g/mol. The van der Waals surface area contributed by atoms with E-state index in [-0.39, 0.29) is 6.03 Å². The van der Waals surface area contributed by atoms with E-state index in [4.69, 9.17) is 5.26 Å². The molecule has 2 saturated heterocycles. The third-order valence-electron chi connectivity index (χ3n) is 4.18. The van der Waals surface area contributed by atoms with Crippen LogP contribution in [0.1, 0.15) is 16.7 Å². The topological polar surface area (TPSA) is 59.4 Å². The molecular formula is C15H18N4O. The number of hydrogen-bond acceptors (Lipinski definition) is 3. The molecule has 3 rings (SSSR count). The third-order valence-corrected chi connectivity index (χ3v) is 4.18. The van der Waals surface area contributed by atoms with E-state index in [1.807, 2.05) is 30.0 Å². The highest BCUT2D eigenvalue weighted by Crippen LogP contribution is 2.18. The van der Waals surface area contributed by atoms with E-state index < -0.39 is 0 Å². The maximum Gasteiger partial charge on any atom is 0.317 e. The Hall–Kier alpha value is -2.06. The molecule has 20 heavy (non-hydrogen) atoms. The van der Waals surface area contributed by atoms with Gasteiger partial charge in [-0.05, 0) is 30.2 Å². The first kappa shape index (κ1) is 12.9. The Labute approximate surface area is 118 Å². The first-order valence-electron chi connectivity index (χ1n) is 6.94. The number of amides is 2. The molecule has 1 atom stereocenters. The van der Waals surface area contributed by atoms with Gasteiger partial charge < -0.3 is 10.2 Å². The van der Waals surface area contributed by atoms with Gasteiger partial charge in [0, 0.05) is 32.7 Å². The summed E-state index contributed by atoms with van der Waals surface area (Å²) in [5, 5.41) is 11.8. The van der Waals surface area contributed by atoms with E-state index >= 15 is 0 Å². The van der Waals surface area contributed by atoms with Crippen molar-refractivity contribution in [3.8, 4) is 6.07 Å². The summed E-state index contributed by atoms with van der Waals surface area (Å²) >= 11 is 0. The lowest BCUT2D eigenvalue weighted by Gasteiger charge is -2.36. The van der Waals surface area contributed by atoms with Crippen molar-refractivity contribution in [3.05, 3.63) is 34.9 Å². The van der Waals surface area contributed by atoms with Gasteiger partial charge in [0.1, 0.15) is 0 Å². The normalized spacial score (nSPS) is 22.3. The maximum absolute atomic E-state index is 11.6. The molecule has 1 aromatic rings. The zero-order chi connectivity index (χ0) is 14.1. The van der Waals surface area contributed by atoms with E-state index in [1.54, 1.807) is 0 Å². The van der Waals surface area contributed by atoms with Crippen molar-refractivity contribution < 1.29 is 4.79 Å². The predicted octanol–water partition coefficient (Wildman–Crippen LogP) is 1.08. The SMILES string of the molecule is Cc1cc(C#N)ccc1CN1CCN2C(=O)NCC2C1. The second-order valence-electron chi connectivity index (χ2n) is 5.52. The number of carbonyl (C=O) groups excluding carboxylic acids is 1. The van der Waals surface area contributed by atoms with Crippen molar-refractivity contribution in [1.82, 2.24) is 15.1 Å². The quantitative estimate of drug-likeness (QED) is 0.874. The standard InChI is InChI=1S/C15H18N4O/c1-11-6-12(7-16)2-3-13(11)9-18-4-5-19-14(10-18)8-17-15(19)20/h2-3,6,14H,4-5,8-10H2,1H3,(H,17,20). The van der Waals surface area contributed by atoms with Crippen LogP contribution in [0.25, 0.3) is 0 Å². The van der Waals surface area contributed by atoms with Crippen LogP contribution in [-0.4, -0.2) is 48.1 Å². The molecule has 2 fully saturated rings. The van der Waals surface area contributed by atoms with Crippen molar-refractivity contribution in [2.24, 2.45) is 0 Å². The number of benzene rings is 1. The average molecular weight is 270 g/mol. The van der Waals surface area contributed by atoms with Crippen molar-refractivity contribution in [2.45, 2.75) is 19.5 Å². The molecule has 104 valence electrons. The Morgan fingerprint density at radius 2 is 2.30 bits per heavy atom. The van der Waals surface area contributed by atoms with E-state index in [0.717, 1.165) is 38.3 Å². The molecule has 0 saturated carbocycles. The third kappa shape index (κ3) is 2.35. The lowest BCUT2D eigenvalue weighted by atomic mass is 10.0. The van der Waals surface area contributed by atoms with Gasteiger partial charge in [0.2, 0.25) is 0 Å². The number of piperazine rings is 1. The minimum atomic E-state index is 0.0733. The smallest absolute Gasteiger partial charge is 0.317 e. The molecule has 2 amide bonds.